The van der Waals surface area contributed by atoms with Crippen molar-refractivity contribution in [1.29, 1.82) is 0 Å². The molecule has 0 spiro atoms. The highest BCUT2D eigenvalue weighted by Gasteiger charge is 2.33. The Balaban J connectivity index is 1.59. The molecule has 2 aliphatic rings. The molecule has 39 heavy (non-hydrogen) atoms. The molecule has 11 heteroatoms. The van der Waals surface area contributed by atoms with Crippen molar-refractivity contribution in [1.82, 2.24) is 19.9 Å². The highest BCUT2D eigenvalue weighted by atomic mass is 19.2. The van der Waals surface area contributed by atoms with E-state index >= 15 is 4.39 Å². The van der Waals surface area contributed by atoms with Gasteiger partial charge in [-0.05, 0) is 24.6 Å². The number of anilines is 2. The highest BCUT2D eigenvalue weighted by molar-refractivity contribution is 5.98. The van der Waals surface area contributed by atoms with E-state index in [1.807, 2.05) is 0 Å². The molecule has 4 aromatic rings. The lowest BCUT2D eigenvalue weighted by Crippen LogP contribution is -2.23. The van der Waals surface area contributed by atoms with E-state index < -0.39 is 30.0 Å². The molecule has 3 aromatic heterocycles. The van der Waals surface area contributed by atoms with Gasteiger partial charge in [-0.3, -0.25) is 9.78 Å². The van der Waals surface area contributed by atoms with Crippen LogP contribution in [0, 0.1) is 11.6 Å². The Labute approximate surface area is 226 Å². The number of carbonyl (C=O) groups is 1. The van der Waals surface area contributed by atoms with Gasteiger partial charge in [0.1, 0.15) is 11.2 Å². The van der Waals surface area contributed by atoms with Crippen LogP contribution in [0.2, 0.25) is 0 Å². The second-order valence-electron chi connectivity index (χ2n) is 9.94. The van der Waals surface area contributed by atoms with Crippen LogP contribution in [-0.4, -0.2) is 59.8 Å². The zero-order valence-corrected chi connectivity index (χ0v) is 21.1. The standard InChI is InChI=1S/C28H26F2N6O3/c1-31-20-8-19(29)24(30)22-15(20)7-21-23(22)25(35(2)3)17(11-33-21)13-6-16-26(37)18(28(38)39)12-36(27(16)34-9-13)14-4-5-32-10-14/h6,8-9,11-12,14,31-32H,4-5,7,10H2,1-3H3,(H,38,39)/i1D3. The summed E-state index contributed by atoms with van der Waals surface area (Å²) < 4.78 is 54.7. The number of hydrogen-bond donors (Lipinski definition) is 3. The first-order valence-corrected chi connectivity index (χ1v) is 12.3. The van der Waals surface area contributed by atoms with Gasteiger partial charge in [-0.2, -0.15) is 0 Å². The van der Waals surface area contributed by atoms with Crippen LogP contribution in [0.25, 0.3) is 33.3 Å². The van der Waals surface area contributed by atoms with E-state index in [2.05, 4.69) is 20.6 Å². The van der Waals surface area contributed by atoms with Gasteiger partial charge in [0.25, 0.3) is 0 Å². The normalized spacial score (nSPS) is 17.3. The van der Waals surface area contributed by atoms with Crippen LogP contribution < -0.4 is 21.0 Å². The molecule has 1 aliphatic carbocycles. The first kappa shape index (κ1) is 21.5. The lowest BCUT2D eigenvalue weighted by atomic mass is 9.97. The Kier molecular flexibility index (Phi) is 5.04. The van der Waals surface area contributed by atoms with E-state index in [4.69, 9.17) is 4.11 Å². The third-order valence-corrected chi connectivity index (χ3v) is 7.47. The zero-order valence-electron chi connectivity index (χ0n) is 24.1. The molecule has 1 aromatic carbocycles. The van der Waals surface area contributed by atoms with E-state index in [0.717, 1.165) is 19.0 Å². The minimum atomic E-state index is -2.64. The smallest absolute Gasteiger partial charge is 0.341 e. The summed E-state index contributed by atoms with van der Waals surface area (Å²) in [6, 6.07) is 2.29. The first-order chi connectivity index (χ1) is 19.9. The number of pyridine rings is 3. The van der Waals surface area contributed by atoms with Crippen molar-refractivity contribution in [2.45, 2.75) is 18.9 Å². The van der Waals surface area contributed by atoms with Crippen LogP contribution in [0.5, 0.6) is 0 Å². The molecule has 1 saturated heterocycles. The van der Waals surface area contributed by atoms with Gasteiger partial charge in [0.15, 0.2) is 11.6 Å². The van der Waals surface area contributed by atoms with E-state index in [0.29, 0.717) is 40.3 Å². The van der Waals surface area contributed by atoms with E-state index in [1.165, 1.54) is 18.6 Å². The second-order valence-corrected chi connectivity index (χ2v) is 9.94. The lowest BCUT2D eigenvalue weighted by molar-refractivity contribution is 0.0694. The number of nitrogens with one attached hydrogen (secondary N) is 2. The lowest BCUT2D eigenvalue weighted by Gasteiger charge is -2.23. The van der Waals surface area contributed by atoms with Crippen molar-refractivity contribution < 1.29 is 22.8 Å². The second kappa shape index (κ2) is 9.12. The van der Waals surface area contributed by atoms with E-state index in [1.54, 1.807) is 29.6 Å². The summed E-state index contributed by atoms with van der Waals surface area (Å²) in [5.41, 5.74) is 1.44. The van der Waals surface area contributed by atoms with Gasteiger partial charge in [-0.25, -0.2) is 18.6 Å². The van der Waals surface area contributed by atoms with E-state index in [-0.39, 0.29) is 40.2 Å². The first-order valence-electron chi connectivity index (χ1n) is 13.8. The van der Waals surface area contributed by atoms with Gasteiger partial charge >= 0.3 is 5.97 Å². The summed E-state index contributed by atoms with van der Waals surface area (Å²) in [4.78, 5) is 36.1. The Morgan fingerprint density at radius 1 is 1.26 bits per heavy atom. The van der Waals surface area contributed by atoms with Crippen LogP contribution >= 0.6 is 0 Å². The number of aromatic nitrogens is 3. The fourth-order valence-electron chi connectivity index (χ4n) is 5.69. The Morgan fingerprint density at radius 2 is 2.08 bits per heavy atom. The monoisotopic (exact) mass is 535 g/mol. The number of benzene rings is 1. The van der Waals surface area contributed by atoms with Crippen molar-refractivity contribution >= 4 is 28.4 Å². The summed E-state index contributed by atoms with van der Waals surface area (Å²) in [6.07, 6.45) is 5.21. The van der Waals surface area contributed by atoms with Gasteiger partial charge in [0.05, 0.1) is 16.8 Å². The van der Waals surface area contributed by atoms with Crippen molar-refractivity contribution in [3.8, 4) is 22.3 Å². The van der Waals surface area contributed by atoms with Gasteiger partial charge in [-0.15, -0.1) is 0 Å². The molecule has 4 heterocycles. The molecule has 0 bridgehead atoms. The average molecular weight is 536 g/mol. The molecule has 1 unspecified atom stereocenters. The quantitative estimate of drug-likeness (QED) is 0.313. The number of fused-ring (bicyclic) bond motifs is 4. The summed E-state index contributed by atoms with van der Waals surface area (Å²) in [6.45, 7) is -1.29. The molecule has 200 valence electrons. The number of aromatic carboxylic acids is 1. The molecule has 0 amide bonds. The van der Waals surface area contributed by atoms with Crippen LogP contribution in [-0.2, 0) is 6.42 Å². The molecule has 0 radical (unpaired) electrons. The number of nitrogens with zero attached hydrogens (tertiary/aromatic N) is 4. The number of carboxylic acid groups (broad SMARTS) is 1. The maximum Gasteiger partial charge on any atom is 0.341 e. The van der Waals surface area contributed by atoms with Crippen molar-refractivity contribution in [3.63, 3.8) is 0 Å². The predicted molar refractivity (Wildman–Crippen MR) is 145 cm³/mol. The van der Waals surface area contributed by atoms with Crippen LogP contribution in [0.4, 0.5) is 20.2 Å². The third kappa shape index (κ3) is 3.75. The van der Waals surface area contributed by atoms with Crippen LogP contribution in [0.3, 0.4) is 0 Å². The van der Waals surface area contributed by atoms with Gasteiger partial charge in [0.2, 0.25) is 5.43 Å². The van der Waals surface area contributed by atoms with Crippen molar-refractivity contribution in [2.75, 3.05) is 44.4 Å². The molecule has 3 N–H and O–H groups in total. The SMILES string of the molecule is [2H]C([2H])([2H])Nc1cc(F)c(F)c2c1Cc1ncc(-c3cnc4c(c3)c(=O)c(C(=O)O)cn4C3CCNC3)c(N(C)C)c1-2. The summed E-state index contributed by atoms with van der Waals surface area (Å²) in [5.74, 6) is -3.69. The summed E-state index contributed by atoms with van der Waals surface area (Å²) >= 11 is 0. The maximum atomic E-state index is 15.4. The fraction of sp³-hybridized carbons (Fsp3) is 0.286. The Hall–Kier alpha value is -4.38. The average Bonchev–Trinajstić information content (AvgIpc) is 3.59. The predicted octanol–water partition coefficient (Wildman–Crippen LogP) is 3.65. The highest BCUT2D eigenvalue weighted by Crippen LogP contribution is 2.49. The Bertz CT molecular complexity index is 1850. The number of carboxylic acids is 1. The summed E-state index contributed by atoms with van der Waals surface area (Å²) in [5, 5.41) is 15.4. The molecule has 0 saturated carbocycles. The van der Waals surface area contributed by atoms with Gasteiger partial charge in [-0.1, -0.05) is 0 Å². The van der Waals surface area contributed by atoms with Gasteiger partial charge < -0.3 is 25.2 Å². The third-order valence-electron chi connectivity index (χ3n) is 7.47. The number of rotatable bonds is 5. The Morgan fingerprint density at radius 3 is 2.77 bits per heavy atom. The zero-order chi connectivity index (χ0) is 30.1. The molecule has 1 atom stereocenters. The molecule has 1 aliphatic heterocycles. The minimum Gasteiger partial charge on any atom is -0.477 e. The maximum absolute atomic E-state index is 15.4. The van der Waals surface area contributed by atoms with Gasteiger partial charge in [0, 0.05) is 96.8 Å². The molecule has 6 rings (SSSR count). The molecular formula is C28H26F2N6O3. The number of hydrogen-bond acceptors (Lipinski definition) is 7. The van der Waals surface area contributed by atoms with E-state index in [9.17, 15) is 19.1 Å². The molecular weight excluding hydrogens is 506 g/mol. The van der Waals surface area contributed by atoms with Crippen molar-refractivity contribution in [2.24, 2.45) is 0 Å². The molecule has 1 fully saturated rings. The largest absolute Gasteiger partial charge is 0.477 e. The fourth-order valence-corrected chi connectivity index (χ4v) is 5.69. The minimum absolute atomic E-state index is 0.0521. The van der Waals surface area contributed by atoms with Crippen LogP contribution in [0.1, 0.15) is 38.2 Å². The topological polar surface area (TPSA) is 112 Å². The van der Waals surface area contributed by atoms with Crippen LogP contribution in [0.15, 0.2) is 35.5 Å². The molecule has 9 nitrogen and oxygen atoms in total. The summed E-state index contributed by atoms with van der Waals surface area (Å²) in [7, 11) is 3.43. The number of halogens is 2. The van der Waals surface area contributed by atoms with Crippen molar-refractivity contribution in [3.05, 3.63) is 69.4 Å².